The molecule has 31 heavy (non-hydrogen) atoms. The highest BCUT2D eigenvalue weighted by Crippen LogP contribution is 2.18. The molecule has 0 aliphatic heterocycles. The van der Waals surface area contributed by atoms with E-state index in [9.17, 15) is 20.2 Å². The summed E-state index contributed by atoms with van der Waals surface area (Å²) in [6.45, 7) is 0.604. The third-order valence-corrected chi connectivity index (χ3v) is 4.40. The number of carbonyl (C=O) groups excluding carboxylic acids is 1. The minimum absolute atomic E-state index is 0.00970. The highest BCUT2D eigenvalue weighted by atomic mass is 16.6. The SMILES string of the molecule is N#C/C(=C\c1ccc(OCc2ccc([N+](=O)[O-])cc2)cc1)C(=O)NCc1ccccc1. The maximum absolute atomic E-state index is 12.3. The van der Waals surface area contributed by atoms with Crippen LogP contribution in [0.5, 0.6) is 5.75 Å². The fraction of sp³-hybridized carbons (Fsp3) is 0.0833. The molecule has 0 atom stereocenters. The standard InChI is InChI=1S/C24H19N3O4/c25-15-21(24(28)26-16-19-4-2-1-3-5-19)14-18-8-12-23(13-9-18)31-17-20-6-10-22(11-7-20)27(29)30/h1-14H,16-17H2,(H,26,28)/b21-14+. The Hall–Kier alpha value is -4.44. The molecule has 0 spiro atoms. The number of amides is 1. The molecule has 7 heteroatoms. The first-order chi connectivity index (χ1) is 15.0. The van der Waals surface area contributed by atoms with Crippen molar-refractivity contribution in [3.63, 3.8) is 0 Å². The van der Waals surface area contributed by atoms with E-state index in [-0.39, 0.29) is 17.9 Å². The Labute approximate surface area is 179 Å². The second kappa shape index (κ2) is 10.4. The predicted molar refractivity (Wildman–Crippen MR) is 116 cm³/mol. The molecule has 3 rings (SSSR count). The number of non-ortho nitro benzene ring substituents is 1. The summed E-state index contributed by atoms with van der Waals surface area (Å²) >= 11 is 0. The molecule has 1 amide bonds. The molecule has 0 heterocycles. The molecule has 154 valence electrons. The van der Waals surface area contributed by atoms with Gasteiger partial charge < -0.3 is 10.1 Å². The summed E-state index contributed by atoms with van der Waals surface area (Å²) in [5.41, 5.74) is 2.48. The molecule has 1 N–H and O–H groups in total. The van der Waals surface area contributed by atoms with Crippen LogP contribution < -0.4 is 10.1 Å². The molecule has 0 radical (unpaired) electrons. The summed E-state index contributed by atoms with van der Waals surface area (Å²) in [5, 5.41) is 22.8. The second-order valence-corrected chi connectivity index (χ2v) is 6.62. The zero-order chi connectivity index (χ0) is 22.1. The second-order valence-electron chi connectivity index (χ2n) is 6.62. The van der Waals surface area contributed by atoms with Crippen LogP contribution in [0.25, 0.3) is 6.08 Å². The van der Waals surface area contributed by atoms with Crippen molar-refractivity contribution in [3.8, 4) is 11.8 Å². The van der Waals surface area contributed by atoms with Crippen LogP contribution in [0.1, 0.15) is 16.7 Å². The number of nitrogens with one attached hydrogen (secondary N) is 1. The van der Waals surface area contributed by atoms with Crippen molar-refractivity contribution in [2.24, 2.45) is 0 Å². The van der Waals surface area contributed by atoms with Crippen LogP contribution in [-0.2, 0) is 17.9 Å². The van der Waals surface area contributed by atoms with Gasteiger partial charge in [0, 0.05) is 18.7 Å². The Morgan fingerprint density at radius 3 is 2.29 bits per heavy atom. The lowest BCUT2D eigenvalue weighted by Gasteiger charge is -2.07. The van der Waals surface area contributed by atoms with E-state index < -0.39 is 10.8 Å². The molecule has 0 aliphatic carbocycles. The van der Waals surface area contributed by atoms with Crippen LogP contribution in [0.2, 0.25) is 0 Å². The lowest BCUT2D eigenvalue weighted by Crippen LogP contribution is -2.23. The minimum Gasteiger partial charge on any atom is -0.489 e. The summed E-state index contributed by atoms with van der Waals surface area (Å²) in [6, 6.07) is 24.5. The zero-order valence-corrected chi connectivity index (χ0v) is 16.5. The highest BCUT2D eigenvalue weighted by Gasteiger charge is 2.09. The topological polar surface area (TPSA) is 105 Å². The van der Waals surface area contributed by atoms with Crippen LogP contribution in [-0.4, -0.2) is 10.8 Å². The van der Waals surface area contributed by atoms with Gasteiger partial charge >= 0.3 is 0 Å². The molecular weight excluding hydrogens is 394 g/mol. The summed E-state index contributed by atoms with van der Waals surface area (Å²) in [7, 11) is 0. The first kappa shape index (κ1) is 21.3. The molecule has 0 saturated carbocycles. The molecule has 3 aromatic rings. The predicted octanol–water partition coefficient (Wildman–Crippen LogP) is 4.40. The number of nitro groups is 1. The van der Waals surface area contributed by atoms with Crippen LogP contribution in [0.3, 0.4) is 0 Å². The third-order valence-electron chi connectivity index (χ3n) is 4.40. The largest absolute Gasteiger partial charge is 0.489 e. The lowest BCUT2D eigenvalue weighted by atomic mass is 10.1. The molecule has 3 aromatic carbocycles. The van der Waals surface area contributed by atoms with Crippen LogP contribution in [0.4, 0.5) is 5.69 Å². The molecular formula is C24H19N3O4. The van der Waals surface area contributed by atoms with E-state index in [0.29, 0.717) is 17.9 Å². The Morgan fingerprint density at radius 1 is 1.00 bits per heavy atom. The van der Waals surface area contributed by atoms with E-state index in [1.165, 1.54) is 18.2 Å². The summed E-state index contributed by atoms with van der Waals surface area (Å²) in [4.78, 5) is 22.5. The number of carbonyl (C=O) groups is 1. The summed E-state index contributed by atoms with van der Waals surface area (Å²) in [6.07, 6.45) is 1.51. The molecule has 0 saturated heterocycles. The monoisotopic (exact) mass is 413 g/mol. The summed E-state index contributed by atoms with van der Waals surface area (Å²) in [5.74, 6) is 0.160. The van der Waals surface area contributed by atoms with Crippen molar-refractivity contribution in [1.82, 2.24) is 5.32 Å². The van der Waals surface area contributed by atoms with Gasteiger partial charge in [-0.05, 0) is 47.0 Å². The molecule has 0 bridgehead atoms. The number of nitro benzene ring substituents is 1. The molecule has 0 unspecified atom stereocenters. The fourth-order valence-corrected chi connectivity index (χ4v) is 2.73. The Kier molecular flexibility index (Phi) is 7.12. The summed E-state index contributed by atoms with van der Waals surface area (Å²) < 4.78 is 5.68. The first-order valence-electron chi connectivity index (χ1n) is 9.45. The molecule has 7 nitrogen and oxygen atoms in total. The van der Waals surface area contributed by atoms with E-state index in [1.54, 1.807) is 36.4 Å². The number of hydrogen-bond acceptors (Lipinski definition) is 5. The van der Waals surface area contributed by atoms with Crippen molar-refractivity contribution >= 4 is 17.7 Å². The van der Waals surface area contributed by atoms with E-state index in [1.807, 2.05) is 36.4 Å². The quantitative estimate of drug-likeness (QED) is 0.255. The average Bonchev–Trinajstić information content (AvgIpc) is 2.81. The van der Waals surface area contributed by atoms with Crippen molar-refractivity contribution in [2.75, 3.05) is 0 Å². The van der Waals surface area contributed by atoms with Crippen molar-refractivity contribution in [1.29, 1.82) is 5.26 Å². The van der Waals surface area contributed by atoms with Gasteiger partial charge in [-0.15, -0.1) is 0 Å². The number of ether oxygens (including phenoxy) is 1. The van der Waals surface area contributed by atoms with Crippen molar-refractivity contribution < 1.29 is 14.5 Å². The van der Waals surface area contributed by atoms with Crippen LogP contribution >= 0.6 is 0 Å². The number of nitriles is 1. The first-order valence-corrected chi connectivity index (χ1v) is 9.45. The van der Waals surface area contributed by atoms with Gasteiger partial charge in [0.15, 0.2) is 0 Å². The van der Waals surface area contributed by atoms with E-state index in [2.05, 4.69) is 5.32 Å². The van der Waals surface area contributed by atoms with E-state index in [4.69, 9.17) is 4.74 Å². The van der Waals surface area contributed by atoms with Gasteiger partial charge in [0.05, 0.1) is 4.92 Å². The van der Waals surface area contributed by atoms with Gasteiger partial charge in [-0.25, -0.2) is 0 Å². The van der Waals surface area contributed by atoms with Gasteiger partial charge in [0.2, 0.25) is 0 Å². The van der Waals surface area contributed by atoms with Crippen molar-refractivity contribution in [2.45, 2.75) is 13.2 Å². The smallest absolute Gasteiger partial charge is 0.269 e. The van der Waals surface area contributed by atoms with Crippen molar-refractivity contribution in [3.05, 3.63) is 111 Å². The minimum atomic E-state index is -0.450. The van der Waals surface area contributed by atoms with Gasteiger partial charge in [-0.2, -0.15) is 5.26 Å². The Morgan fingerprint density at radius 2 is 1.68 bits per heavy atom. The fourth-order valence-electron chi connectivity index (χ4n) is 2.73. The lowest BCUT2D eigenvalue weighted by molar-refractivity contribution is -0.384. The van der Waals surface area contributed by atoms with Gasteiger partial charge in [-0.1, -0.05) is 42.5 Å². The Balaban J connectivity index is 1.57. The van der Waals surface area contributed by atoms with Gasteiger partial charge in [0.25, 0.3) is 11.6 Å². The zero-order valence-electron chi connectivity index (χ0n) is 16.5. The normalized spacial score (nSPS) is 10.7. The van der Waals surface area contributed by atoms with Crippen LogP contribution in [0, 0.1) is 21.4 Å². The average molecular weight is 413 g/mol. The third kappa shape index (κ3) is 6.27. The molecule has 0 aliphatic rings. The molecule has 0 aromatic heterocycles. The van der Waals surface area contributed by atoms with Crippen LogP contribution in [0.15, 0.2) is 84.4 Å². The Bertz CT molecular complexity index is 1120. The number of hydrogen-bond donors (Lipinski definition) is 1. The van der Waals surface area contributed by atoms with Gasteiger partial charge in [0.1, 0.15) is 24.0 Å². The van der Waals surface area contributed by atoms with E-state index >= 15 is 0 Å². The number of nitrogens with zero attached hydrogens (tertiary/aromatic N) is 2. The number of rotatable bonds is 8. The number of benzene rings is 3. The maximum Gasteiger partial charge on any atom is 0.269 e. The maximum atomic E-state index is 12.3. The van der Waals surface area contributed by atoms with E-state index in [0.717, 1.165) is 11.1 Å². The van der Waals surface area contributed by atoms with Gasteiger partial charge in [-0.3, -0.25) is 14.9 Å². The highest BCUT2D eigenvalue weighted by molar-refractivity contribution is 6.01. The molecule has 0 fully saturated rings.